The van der Waals surface area contributed by atoms with Crippen molar-refractivity contribution in [1.29, 1.82) is 0 Å². The van der Waals surface area contributed by atoms with Crippen molar-refractivity contribution in [1.82, 2.24) is 9.88 Å². The lowest BCUT2D eigenvalue weighted by Gasteiger charge is -2.18. The van der Waals surface area contributed by atoms with Crippen molar-refractivity contribution >= 4 is 12.0 Å². The number of aromatic nitrogens is 1. The molecule has 3 rings (SSSR count). The molecule has 1 unspecified atom stereocenters. The lowest BCUT2D eigenvalue weighted by atomic mass is 10.1. The van der Waals surface area contributed by atoms with Crippen molar-refractivity contribution in [3.63, 3.8) is 0 Å². The third-order valence-electron chi connectivity index (χ3n) is 3.81. The van der Waals surface area contributed by atoms with Crippen molar-refractivity contribution in [3.8, 4) is 0 Å². The van der Waals surface area contributed by atoms with Crippen LogP contribution in [0.4, 0.5) is 0 Å². The molecule has 1 aromatic heterocycles. The highest BCUT2D eigenvalue weighted by atomic mass is 16.4. The normalized spacial score (nSPS) is 17.7. The van der Waals surface area contributed by atoms with Gasteiger partial charge in [0.15, 0.2) is 0 Å². The van der Waals surface area contributed by atoms with E-state index < -0.39 is 5.97 Å². The van der Waals surface area contributed by atoms with Crippen molar-refractivity contribution < 1.29 is 9.90 Å². The van der Waals surface area contributed by atoms with E-state index in [1.807, 2.05) is 48.8 Å². The number of benzene rings is 1. The van der Waals surface area contributed by atoms with E-state index in [1.165, 1.54) is 24.9 Å². The molecule has 1 aliphatic heterocycles. The third kappa shape index (κ3) is 5.68. The van der Waals surface area contributed by atoms with E-state index in [-0.39, 0.29) is 0 Å². The summed E-state index contributed by atoms with van der Waals surface area (Å²) < 4.78 is 0. The highest BCUT2D eigenvalue weighted by Crippen LogP contribution is 2.29. The van der Waals surface area contributed by atoms with Crippen LogP contribution < -0.4 is 0 Å². The predicted octanol–water partition coefficient (Wildman–Crippen LogP) is 3.63. The summed E-state index contributed by atoms with van der Waals surface area (Å²) in [6.45, 7) is 1.22. The van der Waals surface area contributed by atoms with Crippen LogP contribution in [0.15, 0.2) is 60.9 Å². The lowest BCUT2D eigenvalue weighted by molar-refractivity contribution is -0.131. The number of pyridine rings is 1. The molecule has 23 heavy (non-hydrogen) atoms. The fourth-order valence-corrected chi connectivity index (χ4v) is 2.64. The molecule has 1 N–H and O–H groups in total. The summed E-state index contributed by atoms with van der Waals surface area (Å²) in [6.07, 6.45) is 9.08. The zero-order valence-corrected chi connectivity index (χ0v) is 13.3. The standard InChI is InChI=1S/C10H14N2.C9H8O2/c1-12-7-3-5-10(12)9-4-2-6-11-8-9;10-9(11)7-6-8-4-2-1-3-5-8/h2,4,6,8,10H,3,5,7H2,1H3;1-7H,(H,10,11). The maximum absolute atomic E-state index is 10.1. The van der Waals surface area contributed by atoms with Crippen LogP contribution in [-0.4, -0.2) is 34.6 Å². The summed E-state index contributed by atoms with van der Waals surface area (Å²) in [7, 11) is 2.19. The molecule has 0 bridgehead atoms. The van der Waals surface area contributed by atoms with Crippen LogP contribution in [0.2, 0.25) is 0 Å². The van der Waals surface area contributed by atoms with Crippen molar-refractivity contribution in [2.75, 3.05) is 13.6 Å². The summed E-state index contributed by atoms with van der Waals surface area (Å²) in [5, 5.41) is 8.29. The molecular weight excluding hydrogens is 288 g/mol. The number of likely N-dealkylation sites (tertiary alicyclic amines) is 1. The van der Waals surface area contributed by atoms with E-state index in [4.69, 9.17) is 5.11 Å². The van der Waals surface area contributed by atoms with Gasteiger partial charge in [-0.3, -0.25) is 9.88 Å². The second-order valence-corrected chi connectivity index (χ2v) is 5.51. The van der Waals surface area contributed by atoms with E-state index in [0.717, 1.165) is 11.6 Å². The molecule has 0 saturated carbocycles. The van der Waals surface area contributed by atoms with Gasteiger partial charge >= 0.3 is 5.97 Å². The van der Waals surface area contributed by atoms with Gasteiger partial charge in [0.1, 0.15) is 0 Å². The fourth-order valence-electron chi connectivity index (χ4n) is 2.64. The fraction of sp³-hybridized carbons (Fsp3) is 0.263. The highest BCUT2D eigenvalue weighted by molar-refractivity contribution is 5.85. The van der Waals surface area contributed by atoms with Gasteiger partial charge in [-0.05, 0) is 49.7 Å². The molecule has 1 fully saturated rings. The average molecular weight is 310 g/mol. The van der Waals surface area contributed by atoms with E-state index in [9.17, 15) is 4.79 Å². The molecule has 4 nitrogen and oxygen atoms in total. The number of carboxylic acids is 1. The van der Waals surface area contributed by atoms with E-state index >= 15 is 0 Å². The van der Waals surface area contributed by atoms with Crippen LogP contribution >= 0.6 is 0 Å². The molecule has 120 valence electrons. The first-order valence-corrected chi connectivity index (χ1v) is 7.73. The van der Waals surface area contributed by atoms with Crippen molar-refractivity contribution in [2.24, 2.45) is 0 Å². The number of aliphatic carboxylic acids is 1. The first kappa shape index (κ1) is 16.9. The molecule has 4 heteroatoms. The Hall–Kier alpha value is -2.46. The zero-order valence-electron chi connectivity index (χ0n) is 13.3. The molecule has 0 spiro atoms. The van der Waals surface area contributed by atoms with E-state index in [2.05, 4.69) is 23.0 Å². The summed E-state index contributed by atoms with van der Waals surface area (Å²) in [5.41, 5.74) is 2.26. The summed E-state index contributed by atoms with van der Waals surface area (Å²) in [6, 6.07) is 14.1. The number of rotatable bonds is 3. The van der Waals surface area contributed by atoms with Gasteiger partial charge in [-0.15, -0.1) is 0 Å². The quantitative estimate of drug-likeness (QED) is 0.880. The van der Waals surface area contributed by atoms with Gasteiger partial charge in [0.25, 0.3) is 0 Å². The molecular formula is C19H22N2O2. The Morgan fingerprint density at radius 2 is 2.04 bits per heavy atom. The van der Waals surface area contributed by atoms with Gasteiger partial charge in [-0.2, -0.15) is 0 Å². The Labute approximate surface area is 137 Å². The number of hydrogen-bond donors (Lipinski definition) is 1. The van der Waals surface area contributed by atoms with Crippen LogP contribution in [0.25, 0.3) is 6.08 Å². The maximum Gasteiger partial charge on any atom is 0.328 e. The molecule has 1 saturated heterocycles. The summed E-state index contributed by atoms with van der Waals surface area (Å²) >= 11 is 0. The molecule has 0 aliphatic carbocycles. The molecule has 0 radical (unpaired) electrons. The minimum absolute atomic E-state index is 0.610. The predicted molar refractivity (Wildman–Crippen MR) is 92.0 cm³/mol. The zero-order chi connectivity index (χ0) is 16.5. The maximum atomic E-state index is 10.1. The first-order chi connectivity index (χ1) is 11.2. The van der Waals surface area contributed by atoms with Crippen LogP contribution in [0.1, 0.15) is 30.0 Å². The van der Waals surface area contributed by atoms with Crippen molar-refractivity contribution in [3.05, 3.63) is 72.1 Å². The topological polar surface area (TPSA) is 53.4 Å². The minimum atomic E-state index is -0.922. The highest BCUT2D eigenvalue weighted by Gasteiger charge is 2.21. The van der Waals surface area contributed by atoms with Crippen LogP contribution in [0.5, 0.6) is 0 Å². The molecule has 0 amide bonds. The Morgan fingerprint density at radius 1 is 1.26 bits per heavy atom. The lowest BCUT2D eigenvalue weighted by Crippen LogP contribution is -2.17. The smallest absolute Gasteiger partial charge is 0.328 e. The Bertz CT molecular complexity index is 626. The molecule has 2 aromatic rings. The molecule has 1 aromatic carbocycles. The number of carbonyl (C=O) groups is 1. The number of carboxylic acid groups (broad SMARTS) is 1. The monoisotopic (exact) mass is 310 g/mol. The van der Waals surface area contributed by atoms with E-state index in [0.29, 0.717) is 6.04 Å². The molecule has 1 atom stereocenters. The van der Waals surface area contributed by atoms with Gasteiger partial charge in [0.05, 0.1) is 0 Å². The SMILES string of the molecule is CN1CCCC1c1cccnc1.O=C(O)C=Cc1ccccc1. The van der Waals surface area contributed by atoms with Crippen LogP contribution in [0, 0.1) is 0 Å². The van der Waals surface area contributed by atoms with Gasteiger partial charge in [-0.25, -0.2) is 4.79 Å². The largest absolute Gasteiger partial charge is 0.478 e. The summed E-state index contributed by atoms with van der Waals surface area (Å²) in [5.74, 6) is -0.922. The van der Waals surface area contributed by atoms with Crippen molar-refractivity contribution in [2.45, 2.75) is 18.9 Å². The van der Waals surface area contributed by atoms with Crippen LogP contribution in [0.3, 0.4) is 0 Å². The number of hydrogen-bond acceptors (Lipinski definition) is 3. The molecule has 1 aliphatic rings. The van der Waals surface area contributed by atoms with E-state index in [1.54, 1.807) is 6.08 Å². The van der Waals surface area contributed by atoms with Gasteiger partial charge in [-0.1, -0.05) is 36.4 Å². The first-order valence-electron chi connectivity index (χ1n) is 7.73. The Kier molecular flexibility index (Phi) is 6.51. The Balaban J connectivity index is 0.000000168. The van der Waals surface area contributed by atoms with Gasteiger partial charge in [0.2, 0.25) is 0 Å². The Morgan fingerprint density at radius 3 is 2.61 bits per heavy atom. The second kappa shape index (κ2) is 8.86. The number of nitrogens with zero attached hydrogens (tertiary/aromatic N) is 2. The summed E-state index contributed by atoms with van der Waals surface area (Å²) in [4.78, 5) is 16.6. The average Bonchev–Trinajstić information content (AvgIpc) is 3.01. The minimum Gasteiger partial charge on any atom is -0.478 e. The van der Waals surface area contributed by atoms with Gasteiger partial charge < -0.3 is 5.11 Å². The van der Waals surface area contributed by atoms with Gasteiger partial charge in [0, 0.05) is 24.5 Å². The van der Waals surface area contributed by atoms with Crippen LogP contribution in [-0.2, 0) is 4.79 Å². The molecule has 2 heterocycles. The third-order valence-corrected chi connectivity index (χ3v) is 3.81. The second-order valence-electron chi connectivity index (χ2n) is 5.51.